The molecule has 0 radical (unpaired) electrons. The Morgan fingerprint density at radius 2 is 1.77 bits per heavy atom. The first-order valence-corrected chi connectivity index (χ1v) is 10.8. The molecule has 30 heavy (non-hydrogen) atoms. The molecule has 0 aliphatic carbocycles. The smallest absolute Gasteiger partial charge is 0.325 e. The summed E-state index contributed by atoms with van der Waals surface area (Å²) in [6, 6.07) is 11.6. The minimum atomic E-state index is -0.383. The van der Waals surface area contributed by atoms with Crippen LogP contribution < -0.4 is 9.70 Å². The quantitative estimate of drug-likeness (QED) is 0.558. The molecule has 0 saturated heterocycles. The zero-order valence-corrected chi connectivity index (χ0v) is 18.9. The summed E-state index contributed by atoms with van der Waals surface area (Å²) in [6.45, 7) is 10.0. The van der Waals surface area contributed by atoms with E-state index in [1.54, 1.807) is 16.7 Å². The second kappa shape index (κ2) is 9.26. The van der Waals surface area contributed by atoms with Gasteiger partial charge in [0.15, 0.2) is 4.80 Å². The highest BCUT2D eigenvalue weighted by atomic mass is 32.1. The van der Waals surface area contributed by atoms with Gasteiger partial charge in [-0.25, -0.2) is 0 Å². The van der Waals surface area contributed by atoms with E-state index in [4.69, 9.17) is 4.74 Å². The van der Waals surface area contributed by atoms with E-state index in [0.717, 1.165) is 40.1 Å². The molecule has 0 N–H and O–H groups in total. The van der Waals surface area contributed by atoms with Gasteiger partial charge >= 0.3 is 5.97 Å². The first kappa shape index (κ1) is 21.8. The van der Waals surface area contributed by atoms with Gasteiger partial charge in [0.05, 0.1) is 17.3 Å². The molecule has 7 heteroatoms. The van der Waals surface area contributed by atoms with Gasteiger partial charge in [-0.2, -0.15) is 4.99 Å². The average molecular weight is 426 g/mol. The van der Waals surface area contributed by atoms with Crippen LogP contribution in [0.1, 0.15) is 35.3 Å². The summed E-state index contributed by atoms with van der Waals surface area (Å²) in [7, 11) is 1.35. The molecule has 1 amide bonds. The van der Waals surface area contributed by atoms with Crippen molar-refractivity contribution in [2.75, 3.05) is 25.1 Å². The predicted octanol–water partition coefficient (Wildman–Crippen LogP) is 4.08. The molecule has 1 heterocycles. The summed E-state index contributed by atoms with van der Waals surface area (Å²) >= 11 is 1.41. The van der Waals surface area contributed by atoms with E-state index in [-0.39, 0.29) is 18.4 Å². The molecule has 0 bridgehead atoms. The van der Waals surface area contributed by atoms with Crippen LogP contribution in [0.3, 0.4) is 0 Å². The number of anilines is 1. The second-order valence-electron chi connectivity index (χ2n) is 7.11. The van der Waals surface area contributed by atoms with Crippen LogP contribution in [0.5, 0.6) is 0 Å². The maximum Gasteiger partial charge on any atom is 0.325 e. The average Bonchev–Trinajstić information content (AvgIpc) is 3.06. The number of benzene rings is 2. The maximum atomic E-state index is 12.9. The van der Waals surface area contributed by atoms with Crippen LogP contribution in [0.4, 0.5) is 5.69 Å². The molecular formula is C23H27N3O3S. The molecule has 0 unspecified atom stereocenters. The zero-order valence-electron chi connectivity index (χ0n) is 18.1. The van der Waals surface area contributed by atoms with Crippen LogP contribution >= 0.6 is 11.3 Å². The summed E-state index contributed by atoms with van der Waals surface area (Å²) in [4.78, 5) is 31.9. The Labute approximate surface area is 180 Å². The highest BCUT2D eigenvalue weighted by Gasteiger charge is 2.14. The van der Waals surface area contributed by atoms with Gasteiger partial charge in [0.2, 0.25) is 0 Å². The molecule has 2 aromatic carbocycles. The third kappa shape index (κ3) is 4.46. The van der Waals surface area contributed by atoms with Crippen molar-refractivity contribution in [3.05, 3.63) is 57.9 Å². The first-order chi connectivity index (χ1) is 14.4. The van der Waals surface area contributed by atoms with Crippen molar-refractivity contribution in [3.8, 4) is 0 Å². The molecular weight excluding hydrogens is 398 g/mol. The van der Waals surface area contributed by atoms with Gasteiger partial charge < -0.3 is 14.2 Å². The van der Waals surface area contributed by atoms with E-state index in [0.29, 0.717) is 10.4 Å². The van der Waals surface area contributed by atoms with Crippen molar-refractivity contribution in [2.24, 2.45) is 4.99 Å². The lowest BCUT2D eigenvalue weighted by atomic mass is 10.1. The number of methoxy groups -OCH3 is 1. The lowest BCUT2D eigenvalue weighted by Gasteiger charge is -2.20. The first-order valence-electron chi connectivity index (χ1n) is 9.99. The molecule has 158 valence electrons. The van der Waals surface area contributed by atoms with Crippen LogP contribution in [-0.4, -0.2) is 36.6 Å². The Hall–Kier alpha value is -2.93. The maximum absolute atomic E-state index is 12.9. The molecule has 0 atom stereocenters. The van der Waals surface area contributed by atoms with E-state index in [2.05, 4.69) is 29.8 Å². The largest absolute Gasteiger partial charge is 0.468 e. The highest BCUT2D eigenvalue weighted by Crippen LogP contribution is 2.24. The van der Waals surface area contributed by atoms with Crippen molar-refractivity contribution in [1.82, 2.24) is 4.57 Å². The summed E-state index contributed by atoms with van der Waals surface area (Å²) in [5.41, 5.74) is 4.64. The molecule has 0 spiro atoms. The Kier molecular flexibility index (Phi) is 6.72. The van der Waals surface area contributed by atoms with Crippen LogP contribution in [0, 0.1) is 13.8 Å². The number of carbonyl (C=O) groups excluding carboxylic acids is 2. The van der Waals surface area contributed by atoms with Crippen molar-refractivity contribution >= 4 is 39.1 Å². The van der Waals surface area contributed by atoms with E-state index in [9.17, 15) is 9.59 Å². The number of amides is 1. The van der Waals surface area contributed by atoms with Gasteiger partial charge in [-0.3, -0.25) is 9.59 Å². The zero-order chi connectivity index (χ0) is 21.8. The second-order valence-corrected chi connectivity index (χ2v) is 8.09. The lowest BCUT2D eigenvalue weighted by molar-refractivity contribution is -0.141. The number of fused-ring (bicyclic) bond motifs is 1. The number of aryl methyl sites for hydroxylation is 2. The van der Waals surface area contributed by atoms with E-state index in [1.807, 2.05) is 32.0 Å². The van der Waals surface area contributed by atoms with Gasteiger partial charge in [0.25, 0.3) is 5.91 Å². The summed E-state index contributed by atoms with van der Waals surface area (Å²) in [5, 5.41) is 0. The van der Waals surface area contributed by atoms with Gasteiger partial charge in [0.1, 0.15) is 6.54 Å². The van der Waals surface area contributed by atoms with Gasteiger partial charge in [-0.15, -0.1) is 0 Å². The standard InChI is InChI=1S/C23H27N3O3S/c1-6-25(7-2)18-10-8-17(9-11-18)22(28)24-23-26(14-20(27)29-5)19-13-15(3)12-16(4)21(19)30-23/h8-13H,6-7,14H2,1-5H3. The predicted molar refractivity (Wildman–Crippen MR) is 121 cm³/mol. The number of nitrogens with zero attached hydrogens (tertiary/aromatic N) is 3. The fraction of sp³-hybridized carbons (Fsp3) is 0.348. The number of hydrogen-bond acceptors (Lipinski definition) is 5. The molecule has 0 fully saturated rings. The molecule has 6 nitrogen and oxygen atoms in total. The summed E-state index contributed by atoms with van der Waals surface area (Å²) < 4.78 is 7.61. The van der Waals surface area contributed by atoms with Gasteiger partial charge in [-0.1, -0.05) is 17.4 Å². The number of carbonyl (C=O) groups is 2. The van der Waals surface area contributed by atoms with Gasteiger partial charge in [-0.05, 0) is 69.2 Å². The van der Waals surface area contributed by atoms with Crippen molar-refractivity contribution in [1.29, 1.82) is 0 Å². The SMILES string of the molecule is CCN(CC)c1ccc(C(=O)N=c2sc3c(C)cc(C)cc3n2CC(=O)OC)cc1. The Bertz CT molecular complexity index is 1140. The van der Waals surface area contributed by atoms with Crippen LogP contribution in [0.15, 0.2) is 41.4 Å². The van der Waals surface area contributed by atoms with Crippen molar-refractivity contribution < 1.29 is 14.3 Å². The Balaban J connectivity index is 2.06. The number of hydrogen-bond donors (Lipinski definition) is 0. The van der Waals surface area contributed by atoms with E-state index in [1.165, 1.54) is 18.4 Å². The number of ether oxygens (including phenoxy) is 1. The van der Waals surface area contributed by atoms with Gasteiger partial charge in [0, 0.05) is 24.3 Å². The van der Waals surface area contributed by atoms with E-state index >= 15 is 0 Å². The molecule has 0 saturated carbocycles. The Morgan fingerprint density at radius 1 is 1.10 bits per heavy atom. The van der Waals surface area contributed by atoms with Crippen LogP contribution in [0.25, 0.3) is 10.2 Å². The van der Waals surface area contributed by atoms with Crippen LogP contribution in [-0.2, 0) is 16.1 Å². The number of rotatable bonds is 6. The number of thiazole rings is 1. The molecule has 3 aromatic rings. The molecule has 3 rings (SSSR count). The third-order valence-corrected chi connectivity index (χ3v) is 6.30. The van der Waals surface area contributed by atoms with Crippen molar-refractivity contribution in [2.45, 2.75) is 34.2 Å². The Morgan fingerprint density at radius 3 is 2.37 bits per heavy atom. The summed E-state index contributed by atoms with van der Waals surface area (Å²) in [6.07, 6.45) is 0. The monoisotopic (exact) mass is 425 g/mol. The van der Waals surface area contributed by atoms with Crippen molar-refractivity contribution in [3.63, 3.8) is 0 Å². The fourth-order valence-corrected chi connectivity index (χ4v) is 4.58. The number of aromatic nitrogens is 1. The minimum Gasteiger partial charge on any atom is -0.468 e. The molecule has 1 aromatic heterocycles. The fourth-order valence-electron chi connectivity index (χ4n) is 3.50. The lowest BCUT2D eigenvalue weighted by Crippen LogP contribution is -2.22. The molecule has 0 aliphatic heterocycles. The topological polar surface area (TPSA) is 63.9 Å². The normalized spacial score (nSPS) is 11.7. The summed E-state index contributed by atoms with van der Waals surface area (Å²) in [5.74, 6) is -0.716. The third-order valence-electron chi connectivity index (χ3n) is 5.07. The minimum absolute atomic E-state index is 0.00635. The molecule has 0 aliphatic rings. The van der Waals surface area contributed by atoms with Crippen LogP contribution in [0.2, 0.25) is 0 Å². The van der Waals surface area contributed by atoms with E-state index < -0.39 is 0 Å². The highest BCUT2D eigenvalue weighted by molar-refractivity contribution is 7.16. The number of esters is 1.